The Balaban J connectivity index is 2.67. The molecule has 2 heterocycles. The van der Waals surface area contributed by atoms with E-state index in [-0.39, 0.29) is 5.82 Å². The van der Waals surface area contributed by atoms with Gasteiger partial charge in [0.1, 0.15) is 5.82 Å². The maximum absolute atomic E-state index is 12.5. The van der Waals surface area contributed by atoms with Crippen molar-refractivity contribution in [1.82, 2.24) is 19.6 Å². The first-order chi connectivity index (χ1) is 8.82. The van der Waals surface area contributed by atoms with Gasteiger partial charge in [-0.05, 0) is 6.92 Å². The molecule has 0 aliphatic rings. The van der Waals surface area contributed by atoms with Gasteiger partial charge in [0, 0.05) is 12.6 Å². The number of nitrogens with zero attached hydrogens (tertiary/aromatic N) is 4. The molecule has 2 N–H and O–H groups in total. The molecular formula is C9H8F3N5O2. The van der Waals surface area contributed by atoms with Gasteiger partial charge in [-0.25, -0.2) is 9.78 Å². The number of carboxylic acids is 1. The first-order valence-electron chi connectivity index (χ1n) is 5.15. The zero-order valence-corrected chi connectivity index (χ0v) is 9.56. The van der Waals surface area contributed by atoms with Gasteiger partial charge in [0.15, 0.2) is 5.69 Å². The Morgan fingerprint density at radius 1 is 1.47 bits per heavy atom. The normalized spacial score (nSPS) is 11.8. The average molecular weight is 275 g/mol. The van der Waals surface area contributed by atoms with Crippen LogP contribution in [0.25, 0.3) is 5.78 Å². The largest absolute Gasteiger partial charge is 0.477 e. The Morgan fingerprint density at radius 3 is 2.68 bits per heavy atom. The summed E-state index contributed by atoms with van der Waals surface area (Å²) < 4.78 is 38.3. The summed E-state index contributed by atoms with van der Waals surface area (Å²) in [5.74, 6) is -3.09. The monoisotopic (exact) mass is 275 g/mol. The Labute approximate surface area is 104 Å². The molecule has 0 aliphatic carbocycles. The van der Waals surface area contributed by atoms with E-state index in [1.165, 1.54) is 0 Å². The zero-order valence-electron chi connectivity index (χ0n) is 9.56. The van der Waals surface area contributed by atoms with E-state index >= 15 is 0 Å². The van der Waals surface area contributed by atoms with Crippen molar-refractivity contribution >= 4 is 17.6 Å². The number of halogens is 3. The molecule has 0 fully saturated rings. The summed E-state index contributed by atoms with van der Waals surface area (Å²) in [6.07, 6.45) is -4.72. The molecule has 2 aromatic heterocycles. The van der Waals surface area contributed by atoms with Crippen LogP contribution in [0.4, 0.5) is 19.0 Å². The van der Waals surface area contributed by atoms with E-state index in [1.807, 2.05) is 0 Å². The summed E-state index contributed by atoms with van der Waals surface area (Å²) in [6, 6.07) is 1.09. The number of carbonyl (C=O) groups is 1. The fourth-order valence-corrected chi connectivity index (χ4v) is 1.41. The van der Waals surface area contributed by atoms with Gasteiger partial charge < -0.3 is 10.4 Å². The van der Waals surface area contributed by atoms with Crippen molar-refractivity contribution in [3.8, 4) is 0 Å². The highest BCUT2D eigenvalue weighted by Gasteiger charge is 2.37. The van der Waals surface area contributed by atoms with E-state index in [0.717, 1.165) is 10.6 Å². The molecule has 0 saturated heterocycles. The molecule has 0 saturated carbocycles. The second kappa shape index (κ2) is 4.37. The fourth-order valence-electron chi connectivity index (χ4n) is 1.41. The van der Waals surface area contributed by atoms with Gasteiger partial charge in [-0.2, -0.15) is 22.7 Å². The van der Waals surface area contributed by atoms with Crippen LogP contribution in [0.2, 0.25) is 0 Å². The first-order valence-corrected chi connectivity index (χ1v) is 5.15. The number of hydrogen-bond donors (Lipinski definition) is 2. The summed E-state index contributed by atoms with van der Waals surface area (Å²) >= 11 is 0. The van der Waals surface area contributed by atoms with Crippen molar-refractivity contribution in [3.63, 3.8) is 0 Å². The average Bonchev–Trinajstić information content (AvgIpc) is 2.72. The summed E-state index contributed by atoms with van der Waals surface area (Å²) in [7, 11) is 0. The summed E-state index contributed by atoms with van der Waals surface area (Å²) in [5.41, 5.74) is -0.412. The highest BCUT2D eigenvalue weighted by molar-refractivity contribution is 5.86. The van der Waals surface area contributed by atoms with Gasteiger partial charge in [0.2, 0.25) is 0 Å². The van der Waals surface area contributed by atoms with Crippen LogP contribution >= 0.6 is 0 Å². The predicted octanol–water partition coefficient (Wildman–Crippen LogP) is 1.27. The molecule has 2 aromatic rings. The summed E-state index contributed by atoms with van der Waals surface area (Å²) in [6.45, 7) is 2.08. The maximum Gasteiger partial charge on any atom is 0.453 e. The number of fused-ring (bicyclic) bond motifs is 1. The lowest BCUT2D eigenvalue weighted by atomic mass is 10.4. The Morgan fingerprint density at radius 2 is 2.16 bits per heavy atom. The topological polar surface area (TPSA) is 92.4 Å². The van der Waals surface area contributed by atoms with Crippen molar-refractivity contribution in [2.24, 2.45) is 0 Å². The molecule has 0 amide bonds. The number of rotatable bonds is 3. The number of carboxylic acid groups (broad SMARTS) is 1. The molecule has 102 valence electrons. The molecule has 0 atom stereocenters. The van der Waals surface area contributed by atoms with Crippen LogP contribution in [0.15, 0.2) is 6.07 Å². The molecular weight excluding hydrogens is 267 g/mol. The second-order valence-electron chi connectivity index (χ2n) is 3.51. The number of hydrogen-bond acceptors (Lipinski definition) is 5. The van der Waals surface area contributed by atoms with Crippen LogP contribution in [0.3, 0.4) is 0 Å². The highest BCUT2D eigenvalue weighted by Crippen LogP contribution is 2.27. The molecule has 0 aliphatic heterocycles. The Hall–Kier alpha value is -2.39. The Kier molecular flexibility index (Phi) is 3.00. The molecule has 0 spiro atoms. The molecule has 0 radical (unpaired) electrons. The summed E-state index contributed by atoms with van der Waals surface area (Å²) in [4.78, 5) is 17.5. The van der Waals surface area contributed by atoms with Gasteiger partial charge in [-0.15, -0.1) is 5.10 Å². The number of anilines is 1. The standard InChI is InChI=1S/C9H8F3N5O2/c1-2-13-5-3-4(6(18)19)14-8-15-7(9(10,11)12)16-17(5)8/h3,13H,2H2,1H3,(H,18,19). The van der Waals surface area contributed by atoms with E-state index in [0.29, 0.717) is 6.54 Å². The molecule has 0 unspecified atom stereocenters. The molecule has 19 heavy (non-hydrogen) atoms. The molecule has 2 rings (SSSR count). The molecule has 0 bridgehead atoms. The predicted molar refractivity (Wildman–Crippen MR) is 56.9 cm³/mol. The zero-order chi connectivity index (χ0) is 14.2. The maximum atomic E-state index is 12.5. The van der Waals surface area contributed by atoms with Crippen LogP contribution in [-0.2, 0) is 6.18 Å². The minimum absolute atomic E-state index is 0.0768. The van der Waals surface area contributed by atoms with Crippen molar-refractivity contribution in [3.05, 3.63) is 17.6 Å². The van der Waals surface area contributed by atoms with E-state index < -0.39 is 29.4 Å². The second-order valence-corrected chi connectivity index (χ2v) is 3.51. The highest BCUT2D eigenvalue weighted by atomic mass is 19.4. The first kappa shape index (κ1) is 13.1. The van der Waals surface area contributed by atoms with Crippen LogP contribution in [0, 0.1) is 0 Å². The van der Waals surface area contributed by atoms with Crippen LogP contribution in [0.5, 0.6) is 0 Å². The SMILES string of the molecule is CCNc1cc(C(=O)O)nc2nc(C(F)(F)F)nn12. The van der Waals surface area contributed by atoms with E-state index in [9.17, 15) is 18.0 Å². The third-order valence-corrected chi connectivity index (χ3v) is 2.14. The lowest BCUT2D eigenvalue weighted by Gasteiger charge is -2.05. The van der Waals surface area contributed by atoms with Crippen molar-refractivity contribution in [2.45, 2.75) is 13.1 Å². The summed E-state index contributed by atoms with van der Waals surface area (Å²) in [5, 5.41) is 14.8. The van der Waals surface area contributed by atoms with Gasteiger partial charge in [-0.3, -0.25) is 0 Å². The lowest BCUT2D eigenvalue weighted by Crippen LogP contribution is -2.10. The van der Waals surface area contributed by atoms with Crippen LogP contribution in [-0.4, -0.2) is 37.2 Å². The third kappa shape index (κ3) is 2.41. The Bertz CT molecular complexity index is 637. The van der Waals surface area contributed by atoms with Crippen LogP contribution in [0.1, 0.15) is 23.2 Å². The minimum Gasteiger partial charge on any atom is -0.477 e. The van der Waals surface area contributed by atoms with Gasteiger partial charge in [0.25, 0.3) is 11.6 Å². The fraction of sp³-hybridized carbons (Fsp3) is 0.333. The molecule has 0 aromatic carbocycles. The van der Waals surface area contributed by atoms with Crippen molar-refractivity contribution in [1.29, 1.82) is 0 Å². The van der Waals surface area contributed by atoms with E-state index in [1.54, 1.807) is 6.92 Å². The lowest BCUT2D eigenvalue weighted by molar-refractivity contribution is -0.144. The number of aromatic nitrogens is 4. The van der Waals surface area contributed by atoms with Crippen molar-refractivity contribution in [2.75, 3.05) is 11.9 Å². The number of nitrogens with one attached hydrogen (secondary N) is 1. The number of aromatic carboxylic acids is 1. The molecule has 7 nitrogen and oxygen atoms in total. The van der Waals surface area contributed by atoms with E-state index in [2.05, 4.69) is 20.4 Å². The number of alkyl halides is 3. The van der Waals surface area contributed by atoms with E-state index in [4.69, 9.17) is 5.11 Å². The van der Waals surface area contributed by atoms with Crippen molar-refractivity contribution < 1.29 is 23.1 Å². The van der Waals surface area contributed by atoms with Gasteiger partial charge in [0.05, 0.1) is 0 Å². The smallest absolute Gasteiger partial charge is 0.453 e. The third-order valence-electron chi connectivity index (χ3n) is 2.14. The quantitative estimate of drug-likeness (QED) is 0.876. The van der Waals surface area contributed by atoms with Crippen LogP contribution < -0.4 is 5.32 Å². The van der Waals surface area contributed by atoms with Gasteiger partial charge >= 0.3 is 12.1 Å². The van der Waals surface area contributed by atoms with Gasteiger partial charge in [-0.1, -0.05) is 0 Å². The minimum atomic E-state index is -4.72. The molecule has 10 heteroatoms.